The van der Waals surface area contributed by atoms with Crippen molar-refractivity contribution in [2.75, 3.05) is 38.1 Å². The minimum atomic E-state index is 0.433. The number of aliphatic imine (C=N–C) groups is 1. The Labute approximate surface area is 183 Å². The number of hydrogen-bond acceptors (Lipinski definition) is 7. The maximum atomic E-state index is 6.03. The SMILES string of the molecule is Cn1nc(/N=C/c2ccncc2)nc1NCCCOC1=CCC=C(CN2CCCC2)C1. The van der Waals surface area contributed by atoms with E-state index in [4.69, 9.17) is 4.74 Å². The number of ether oxygens (including phenoxy) is 1. The normalized spacial score (nSPS) is 17.1. The first kappa shape index (κ1) is 21.2. The van der Waals surface area contributed by atoms with Crippen LogP contribution in [0.1, 0.15) is 37.7 Å². The molecule has 0 bridgehead atoms. The van der Waals surface area contributed by atoms with E-state index in [-0.39, 0.29) is 0 Å². The molecule has 1 aliphatic heterocycles. The molecule has 0 atom stereocenters. The summed E-state index contributed by atoms with van der Waals surface area (Å²) >= 11 is 0. The standard InChI is InChI=1S/C23H31N7O/c1-29-23(27-22(28-29)26-17-19-8-11-24-12-9-19)25-10-5-15-31-21-7-4-6-20(16-21)18-30-13-2-3-14-30/h6-9,11-12,17H,2-5,10,13-16,18H2,1H3,(H,25,27,28)/b26-17+. The van der Waals surface area contributed by atoms with Crippen LogP contribution in [0.3, 0.4) is 0 Å². The van der Waals surface area contributed by atoms with E-state index in [2.05, 4.69) is 42.4 Å². The first-order chi connectivity index (χ1) is 15.3. The number of anilines is 1. The van der Waals surface area contributed by atoms with Gasteiger partial charge in [-0.15, -0.1) is 5.10 Å². The molecule has 0 amide bonds. The third-order valence-electron chi connectivity index (χ3n) is 5.46. The first-order valence-electron chi connectivity index (χ1n) is 11.1. The van der Waals surface area contributed by atoms with Crippen molar-refractivity contribution >= 4 is 18.1 Å². The van der Waals surface area contributed by atoms with Crippen molar-refractivity contribution in [1.82, 2.24) is 24.6 Å². The van der Waals surface area contributed by atoms with Crippen LogP contribution in [0.25, 0.3) is 0 Å². The van der Waals surface area contributed by atoms with Gasteiger partial charge in [0.2, 0.25) is 5.95 Å². The fraction of sp³-hybridized carbons (Fsp3) is 0.478. The van der Waals surface area contributed by atoms with E-state index in [1.54, 1.807) is 23.3 Å². The van der Waals surface area contributed by atoms with Crippen molar-refractivity contribution in [3.05, 3.63) is 53.6 Å². The molecule has 2 aromatic rings. The molecule has 0 unspecified atom stereocenters. The van der Waals surface area contributed by atoms with Crippen LogP contribution in [0.4, 0.5) is 11.9 Å². The van der Waals surface area contributed by atoms with Crippen molar-refractivity contribution in [1.29, 1.82) is 0 Å². The lowest BCUT2D eigenvalue weighted by atomic mass is 10.0. The largest absolute Gasteiger partial charge is 0.498 e. The smallest absolute Gasteiger partial charge is 0.270 e. The van der Waals surface area contributed by atoms with Gasteiger partial charge in [-0.05, 0) is 62.5 Å². The Morgan fingerprint density at radius 3 is 2.87 bits per heavy atom. The fourth-order valence-electron chi connectivity index (χ4n) is 3.82. The highest BCUT2D eigenvalue weighted by Gasteiger charge is 2.15. The van der Waals surface area contributed by atoms with E-state index in [0.717, 1.165) is 43.7 Å². The minimum Gasteiger partial charge on any atom is -0.498 e. The predicted octanol–water partition coefficient (Wildman–Crippen LogP) is 3.48. The second kappa shape index (κ2) is 10.9. The molecule has 0 aromatic carbocycles. The molecule has 1 aliphatic carbocycles. The van der Waals surface area contributed by atoms with Gasteiger partial charge in [0.25, 0.3) is 5.95 Å². The van der Waals surface area contributed by atoms with Crippen LogP contribution in [0, 0.1) is 0 Å². The molecule has 2 aliphatic rings. The van der Waals surface area contributed by atoms with Gasteiger partial charge in [-0.2, -0.15) is 4.98 Å². The maximum absolute atomic E-state index is 6.03. The average molecular weight is 422 g/mol. The van der Waals surface area contributed by atoms with Crippen molar-refractivity contribution in [3.8, 4) is 0 Å². The predicted molar refractivity (Wildman–Crippen MR) is 123 cm³/mol. The molecular weight excluding hydrogens is 390 g/mol. The van der Waals surface area contributed by atoms with Gasteiger partial charge in [-0.3, -0.25) is 9.88 Å². The summed E-state index contributed by atoms with van der Waals surface area (Å²) in [6.07, 6.45) is 15.3. The highest BCUT2D eigenvalue weighted by molar-refractivity contribution is 5.80. The summed E-state index contributed by atoms with van der Waals surface area (Å²) in [6.45, 7) is 5.04. The number of aryl methyl sites for hydroxylation is 1. The third kappa shape index (κ3) is 6.49. The molecule has 164 valence electrons. The Bertz CT molecular complexity index is 927. The second-order valence-electron chi connectivity index (χ2n) is 7.96. The molecule has 1 N–H and O–H groups in total. The van der Waals surface area contributed by atoms with Crippen molar-refractivity contribution in [2.24, 2.45) is 12.0 Å². The molecule has 1 fully saturated rings. The number of allylic oxidation sites excluding steroid dienone is 3. The Kier molecular flexibility index (Phi) is 7.44. The summed E-state index contributed by atoms with van der Waals surface area (Å²) in [6, 6.07) is 3.77. The van der Waals surface area contributed by atoms with Gasteiger partial charge >= 0.3 is 0 Å². The molecule has 3 heterocycles. The van der Waals surface area contributed by atoms with E-state index >= 15 is 0 Å². The van der Waals surface area contributed by atoms with Crippen LogP contribution in [0.5, 0.6) is 0 Å². The second-order valence-corrected chi connectivity index (χ2v) is 7.96. The number of nitrogens with one attached hydrogen (secondary N) is 1. The fourth-order valence-corrected chi connectivity index (χ4v) is 3.82. The molecule has 0 saturated carbocycles. The molecule has 2 aromatic heterocycles. The number of likely N-dealkylation sites (tertiary alicyclic amines) is 1. The molecule has 31 heavy (non-hydrogen) atoms. The van der Waals surface area contributed by atoms with E-state index in [1.807, 2.05) is 19.2 Å². The van der Waals surface area contributed by atoms with Crippen molar-refractivity contribution in [2.45, 2.75) is 32.1 Å². The monoisotopic (exact) mass is 421 g/mol. The number of aromatic nitrogens is 4. The summed E-state index contributed by atoms with van der Waals surface area (Å²) in [5.74, 6) is 2.25. The van der Waals surface area contributed by atoms with Gasteiger partial charge in [-0.25, -0.2) is 9.67 Å². The van der Waals surface area contributed by atoms with Crippen LogP contribution in [-0.4, -0.2) is 63.6 Å². The average Bonchev–Trinajstić information content (AvgIpc) is 3.42. The lowest BCUT2D eigenvalue weighted by Gasteiger charge is -2.21. The summed E-state index contributed by atoms with van der Waals surface area (Å²) in [4.78, 5) is 15.3. The molecule has 8 heteroatoms. The number of pyridine rings is 1. The number of hydrogen-bond donors (Lipinski definition) is 1. The highest BCUT2D eigenvalue weighted by Crippen LogP contribution is 2.22. The third-order valence-corrected chi connectivity index (χ3v) is 5.46. The Morgan fingerprint density at radius 1 is 1.19 bits per heavy atom. The zero-order valence-electron chi connectivity index (χ0n) is 18.2. The van der Waals surface area contributed by atoms with Crippen molar-refractivity contribution < 1.29 is 4.74 Å². The van der Waals surface area contributed by atoms with Crippen LogP contribution in [-0.2, 0) is 11.8 Å². The highest BCUT2D eigenvalue weighted by atomic mass is 16.5. The molecule has 0 radical (unpaired) electrons. The van der Waals surface area contributed by atoms with E-state index in [9.17, 15) is 0 Å². The summed E-state index contributed by atoms with van der Waals surface area (Å²) in [7, 11) is 1.86. The lowest BCUT2D eigenvalue weighted by Crippen LogP contribution is -2.22. The van der Waals surface area contributed by atoms with Gasteiger partial charge in [-0.1, -0.05) is 11.6 Å². The molecule has 1 saturated heterocycles. The van der Waals surface area contributed by atoms with Crippen LogP contribution in [0.15, 0.2) is 53.0 Å². The Balaban J connectivity index is 1.15. The van der Waals surface area contributed by atoms with Gasteiger partial charge in [0.1, 0.15) is 0 Å². The topological polar surface area (TPSA) is 80.5 Å². The molecule has 4 rings (SSSR count). The van der Waals surface area contributed by atoms with E-state index < -0.39 is 0 Å². The minimum absolute atomic E-state index is 0.433. The van der Waals surface area contributed by atoms with E-state index in [1.165, 1.54) is 31.5 Å². The molecular formula is C23H31N7O. The lowest BCUT2D eigenvalue weighted by molar-refractivity contribution is 0.201. The van der Waals surface area contributed by atoms with Crippen molar-refractivity contribution in [3.63, 3.8) is 0 Å². The Morgan fingerprint density at radius 2 is 2.03 bits per heavy atom. The zero-order valence-corrected chi connectivity index (χ0v) is 18.2. The van der Waals surface area contributed by atoms with Gasteiger partial charge in [0.15, 0.2) is 0 Å². The number of nitrogens with zero attached hydrogens (tertiary/aromatic N) is 6. The van der Waals surface area contributed by atoms with E-state index in [0.29, 0.717) is 18.5 Å². The summed E-state index contributed by atoms with van der Waals surface area (Å²) < 4.78 is 7.74. The van der Waals surface area contributed by atoms with Gasteiger partial charge in [0, 0.05) is 45.2 Å². The van der Waals surface area contributed by atoms with Gasteiger partial charge < -0.3 is 10.1 Å². The molecule has 0 spiro atoms. The molecule has 8 nitrogen and oxygen atoms in total. The quantitative estimate of drug-likeness (QED) is 0.359. The number of rotatable bonds is 10. The van der Waals surface area contributed by atoms with Crippen LogP contribution >= 0.6 is 0 Å². The maximum Gasteiger partial charge on any atom is 0.270 e. The van der Waals surface area contributed by atoms with Crippen LogP contribution in [0.2, 0.25) is 0 Å². The van der Waals surface area contributed by atoms with Crippen LogP contribution < -0.4 is 5.32 Å². The Hall–Kier alpha value is -3.00. The summed E-state index contributed by atoms with van der Waals surface area (Å²) in [5.41, 5.74) is 2.46. The summed E-state index contributed by atoms with van der Waals surface area (Å²) in [5, 5.41) is 7.64. The zero-order chi connectivity index (χ0) is 21.3. The first-order valence-corrected chi connectivity index (χ1v) is 11.1. The van der Waals surface area contributed by atoms with Gasteiger partial charge in [0.05, 0.1) is 12.4 Å².